The lowest BCUT2D eigenvalue weighted by Crippen LogP contribution is -2.33. The Morgan fingerprint density at radius 1 is 1.17 bits per heavy atom. The number of hydrazone groups is 1. The third kappa shape index (κ3) is 3.65. The first-order valence-corrected chi connectivity index (χ1v) is 8.29. The van der Waals surface area contributed by atoms with E-state index in [0.717, 1.165) is 41.2 Å². The van der Waals surface area contributed by atoms with Crippen molar-refractivity contribution in [1.82, 2.24) is 0 Å². The number of hydrogen-bond acceptors (Lipinski definition) is 4. The molecule has 4 heteroatoms. The summed E-state index contributed by atoms with van der Waals surface area (Å²) in [6.45, 7) is 15.6. The summed E-state index contributed by atoms with van der Waals surface area (Å²) in [5.74, 6) is 5.70. The van der Waals surface area contributed by atoms with Gasteiger partial charge in [-0.05, 0) is 18.6 Å². The van der Waals surface area contributed by atoms with Crippen LogP contribution in [0.5, 0.6) is 0 Å². The van der Waals surface area contributed by atoms with Crippen molar-refractivity contribution in [3.05, 3.63) is 66.3 Å². The topological polar surface area (TPSA) is 54.0 Å². The van der Waals surface area contributed by atoms with Gasteiger partial charge in [-0.1, -0.05) is 57.4 Å². The van der Waals surface area contributed by atoms with Gasteiger partial charge in [0.15, 0.2) is 0 Å². The van der Waals surface area contributed by atoms with Gasteiger partial charge in [0.2, 0.25) is 0 Å². The average Bonchev–Trinajstić information content (AvgIpc) is 2.64. The van der Waals surface area contributed by atoms with E-state index in [9.17, 15) is 0 Å². The number of benzene rings is 1. The predicted octanol–water partition coefficient (Wildman–Crippen LogP) is 3.95. The Kier molecular flexibility index (Phi) is 7.69. The summed E-state index contributed by atoms with van der Waals surface area (Å²) in [4.78, 5) is 6.68. The lowest BCUT2D eigenvalue weighted by molar-refractivity contribution is 0.885. The zero-order valence-electron chi connectivity index (χ0n) is 15.2. The Labute approximate surface area is 145 Å². The Morgan fingerprint density at radius 2 is 1.83 bits per heavy atom. The predicted molar refractivity (Wildman–Crippen MR) is 107 cm³/mol. The first kappa shape index (κ1) is 19.4. The minimum Gasteiger partial charge on any atom is -0.367 e. The molecule has 0 aromatic heterocycles. The van der Waals surface area contributed by atoms with Gasteiger partial charge in [0.25, 0.3) is 0 Å². The highest BCUT2D eigenvalue weighted by Crippen LogP contribution is 2.28. The largest absolute Gasteiger partial charge is 0.367 e. The second-order valence-corrected chi connectivity index (χ2v) is 4.93. The molecule has 1 aliphatic heterocycles. The van der Waals surface area contributed by atoms with E-state index >= 15 is 0 Å². The van der Waals surface area contributed by atoms with Crippen LogP contribution in [0, 0.1) is 0 Å². The molecule has 24 heavy (non-hydrogen) atoms. The van der Waals surface area contributed by atoms with Crippen molar-refractivity contribution in [2.75, 3.05) is 25.0 Å². The molecule has 128 valence electrons. The van der Waals surface area contributed by atoms with Crippen molar-refractivity contribution in [3.8, 4) is 0 Å². The number of allylic oxidation sites excluding steroid dienone is 2. The van der Waals surface area contributed by atoms with Crippen LogP contribution in [0.25, 0.3) is 0 Å². The van der Waals surface area contributed by atoms with Crippen LogP contribution in [0.15, 0.2) is 70.8 Å². The number of hydrogen-bond donors (Lipinski definition) is 1. The molecule has 0 amide bonds. The van der Waals surface area contributed by atoms with E-state index in [1.54, 1.807) is 13.1 Å². The van der Waals surface area contributed by atoms with Crippen LogP contribution in [0.1, 0.15) is 26.3 Å². The quantitative estimate of drug-likeness (QED) is 0.676. The molecule has 1 heterocycles. The van der Waals surface area contributed by atoms with Crippen molar-refractivity contribution < 1.29 is 0 Å². The standard InChI is InChI=1S/C18H22N4.C2H6/c1-5-13-12-22(7-3)16-11-9-8-10-15(16)18(21-19)17(20-4)14(13)6-2;1-2/h5-6,8-11H,1-2,7,12,19H2,3-4H3;1-2H3/b14-13-,20-17?,21-18-;. The number of nitrogens with two attached hydrogens (primary N) is 1. The van der Waals surface area contributed by atoms with E-state index in [-0.39, 0.29) is 0 Å². The van der Waals surface area contributed by atoms with Gasteiger partial charge in [-0.2, -0.15) is 5.10 Å². The molecule has 0 fully saturated rings. The van der Waals surface area contributed by atoms with Gasteiger partial charge in [-0.3, -0.25) is 4.99 Å². The van der Waals surface area contributed by atoms with E-state index in [1.807, 2.05) is 38.1 Å². The third-order valence-corrected chi connectivity index (χ3v) is 3.87. The molecule has 0 unspecified atom stereocenters. The number of nitrogens with zero attached hydrogens (tertiary/aromatic N) is 3. The van der Waals surface area contributed by atoms with E-state index in [2.05, 4.69) is 41.1 Å². The number of fused-ring (bicyclic) bond motifs is 1. The van der Waals surface area contributed by atoms with Crippen LogP contribution in [0.3, 0.4) is 0 Å². The van der Waals surface area contributed by atoms with Gasteiger partial charge in [-0.25, -0.2) is 0 Å². The fourth-order valence-corrected chi connectivity index (χ4v) is 2.77. The van der Waals surface area contributed by atoms with Crippen LogP contribution >= 0.6 is 0 Å². The Bertz CT molecular complexity index is 681. The number of para-hydroxylation sites is 1. The second-order valence-electron chi connectivity index (χ2n) is 4.93. The summed E-state index contributed by atoms with van der Waals surface area (Å²) < 4.78 is 0. The fraction of sp³-hybridized carbons (Fsp3) is 0.300. The number of anilines is 1. The number of rotatable bonds is 3. The van der Waals surface area contributed by atoms with Crippen LogP contribution in [-0.4, -0.2) is 31.6 Å². The maximum atomic E-state index is 5.70. The van der Waals surface area contributed by atoms with Gasteiger partial charge in [-0.15, -0.1) is 0 Å². The van der Waals surface area contributed by atoms with Gasteiger partial charge < -0.3 is 10.7 Å². The Morgan fingerprint density at radius 3 is 2.33 bits per heavy atom. The summed E-state index contributed by atoms with van der Waals surface area (Å²) >= 11 is 0. The van der Waals surface area contributed by atoms with E-state index < -0.39 is 0 Å². The maximum Gasteiger partial charge on any atom is 0.118 e. The zero-order valence-corrected chi connectivity index (χ0v) is 15.2. The highest BCUT2D eigenvalue weighted by atomic mass is 15.2. The van der Waals surface area contributed by atoms with Crippen LogP contribution in [0.2, 0.25) is 0 Å². The molecular formula is C20H28N4. The van der Waals surface area contributed by atoms with E-state index in [4.69, 9.17) is 5.84 Å². The van der Waals surface area contributed by atoms with Crippen LogP contribution in [0.4, 0.5) is 5.69 Å². The molecule has 0 aliphatic carbocycles. The van der Waals surface area contributed by atoms with Gasteiger partial charge in [0.05, 0.1) is 5.71 Å². The minimum atomic E-state index is 0.672. The molecule has 1 aromatic rings. The number of likely N-dealkylation sites (N-methyl/N-ethyl adjacent to an activating group) is 1. The van der Waals surface area contributed by atoms with Gasteiger partial charge in [0.1, 0.15) is 5.71 Å². The van der Waals surface area contributed by atoms with Crippen molar-refractivity contribution >= 4 is 17.1 Å². The lowest BCUT2D eigenvalue weighted by atomic mass is 9.92. The molecule has 0 bridgehead atoms. The molecule has 0 radical (unpaired) electrons. The van der Waals surface area contributed by atoms with Crippen molar-refractivity contribution in [2.24, 2.45) is 15.9 Å². The van der Waals surface area contributed by atoms with E-state index in [1.165, 1.54) is 0 Å². The molecular weight excluding hydrogens is 296 g/mol. The third-order valence-electron chi connectivity index (χ3n) is 3.87. The molecule has 0 saturated heterocycles. The van der Waals surface area contributed by atoms with Gasteiger partial charge in [0, 0.05) is 37.0 Å². The minimum absolute atomic E-state index is 0.672. The molecule has 2 N–H and O–H groups in total. The summed E-state index contributed by atoms with van der Waals surface area (Å²) in [5, 5.41) is 4.02. The molecule has 0 atom stereocenters. The van der Waals surface area contributed by atoms with Crippen molar-refractivity contribution in [1.29, 1.82) is 0 Å². The molecule has 0 saturated carbocycles. The zero-order chi connectivity index (χ0) is 18.1. The molecule has 0 spiro atoms. The second kappa shape index (κ2) is 9.50. The molecule has 1 aliphatic rings. The van der Waals surface area contributed by atoms with Crippen molar-refractivity contribution in [2.45, 2.75) is 20.8 Å². The molecule has 4 nitrogen and oxygen atoms in total. The SMILES string of the molecule is C=C/C1=C(\C=C)C(=NC)/C(=N\N)c2ccccc2N(CC)C1.CC. The lowest BCUT2D eigenvalue weighted by Gasteiger charge is -2.30. The van der Waals surface area contributed by atoms with Crippen LogP contribution < -0.4 is 10.7 Å². The van der Waals surface area contributed by atoms with E-state index in [0.29, 0.717) is 5.71 Å². The first-order valence-electron chi connectivity index (χ1n) is 8.29. The molecule has 2 rings (SSSR count). The first-order chi connectivity index (χ1) is 11.7. The highest BCUT2D eigenvalue weighted by molar-refractivity contribution is 6.55. The molecule has 1 aromatic carbocycles. The number of aliphatic imine (C=N–C) groups is 1. The highest BCUT2D eigenvalue weighted by Gasteiger charge is 2.24. The van der Waals surface area contributed by atoms with Crippen LogP contribution in [-0.2, 0) is 0 Å². The van der Waals surface area contributed by atoms with Crippen molar-refractivity contribution in [3.63, 3.8) is 0 Å². The summed E-state index contributed by atoms with van der Waals surface area (Å²) in [6, 6.07) is 8.11. The maximum absolute atomic E-state index is 5.70. The summed E-state index contributed by atoms with van der Waals surface area (Å²) in [7, 11) is 1.74. The Hall–Kier alpha value is -2.62. The fourth-order valence-electron chi connectivity index (χ4n) is 2.77. The monoisotopic (exact) mass is 324 g/mol. The summed E-state index contributed by atoms with van der Waals surface area (Å²) in [5.41, 5.74) is 5.48. The Balaban J connectivity index is 0.00000139. The normalized spacial score (nSPS) is 20.6. The van der Waals surface area contributed by atoms with Gasteiger partial charge >= 0.3 is 0 Å². The smallest absolute Gasteiger partial charge is 0.118 e. The average molecular weight is 324 g/mol. The summed E-state index contributed by atoms with van der Waals surface area (Å²) in [6.07, 6.45) is 3.65.